The minimum atomic E-state index is -0.535. The highest BCUT2D eigenvalue weighted by Crippen LogP contribution is 2.77. The molecule has 0 N–H and O–H groups in total. The van der Waals surface area contributed by atoms with Crippen molar-refractivity contribution in [2.24, 2.45) is 17.3 Å². The summed E-state index contributed by atoms with van der Waals surface area (Å²) in [6.45, 7) is 5.46. The normalized spacial score (nSPS) is 40.2. The van der Waals surface area contributed by atoms with Crippen LogP contribution in [0.1, 0.15) is 51.2 Å². The number of carbonyl (C=O) groups excluding carboxylic acids is 1. The van der Waals surface area contributed by atoms with E-state index >= 15 is 0 Å². The molecule has 1 heterocycles. The van der Waals surface area contributed by atoms with E-state index in [9.17, 15) is 4.79 Å². The number of carbonyl (C=O) groups is 1. The van der Waals surface area contributed by atoms with Crippen molar-refractivity contribution >= 4 is 5.97 Å². The van der Waals surface area contributed by atoms with E-state index in [0.29, 0.717) is 22.8 Å². The van der Waals surface area contributed by atoms with Crippen molar-refractivity contribution in [2.45, 2.75) is 51.0 Å². The van der Waals surface area contributed by atoms with Gasteiger partial charge in [-0.2, -0.15) is 0 Å². The van der Waals surface area contributed by atoms with Crippen molar-refractivity contribution in [1.29, 1.82) is 0 Å². The summed E-state index contributed by atoms with van der Waals surface area (Å²) in [6.07, 6.45) is 9.03. The highest BCUT2D eigenvalue weighted by Gasteiger charge is 2.76. The molecule has 3 aliphatic rings. The molecular weight excluding hydrogens is 264 g/mol. The molecule has 1 aromatic rings. The Bertz CT molecular complexity index is 564. The molecule has 0 aliphatic heterocycles. The first kappa shape index (κ1) is 13.2. The number of furan rings is 1. The smallest absolute Gasteiger partial charge is 0.334 e. The van der Waals surface area contributed by atoms with Gasteiger partial charge in [0.15, 0.2) is 5.60 Å². The summed E-state index contributed by atoms with van der Waals surface area (Å²) in [4.78, 5) is 12.3. The van der Waals surface area contributed by atoms with E-state index in [1.165, 1.54) is 25.7 Å². The average molecular weight is 286 g/mol. The first-order valence-corrected chi connectivity index (χ1v) is 8.04. The lowest BCUT2D eigenvalue weighted by molar-refractivity contribution is -0.259. The Morgan fingerprint density at radius 2 is 2.00 bits per heavy atom. The van der Waals surface area contributed by atoms with E-state index in [-0.39, 0.29) is 5.97 Å². The van der Waals surface area contributed by atoms with Gasteiger partial charge in [0.2, 0.25) is 0 Å². The van der Waals surface area contributed by atoms with Crippen molar-refractivity contribution in [2.75, 3.05) is 0 Å². The van der Waals surface area contributed by atoms with Gasteiger partial charge in [-0.25, -0.2) is 4.79 Å². The molecule has 0 bridgehead atoms. The molecule has 1 aromatic heterocycles. The maximum atomic E-state index is 12.3. The molecule has 2 unspecified atom stereocenters. The molecule has 0 saturated heterocycles. The van der Waals surface area contributed by atoms with Gasteiger partial charge in [0.1, 0.15) is 5.76 Å². The predicted molar refractivity (Wildman–Crippen MR) is 78.4 cm³/mol. The van der Waals surface area contributed by atoms with Crippen LogP contribution >= 0.6 is 0 Å². The van der Waals surface area contributed by atoms with Gasteiger partial charge in [-0.1, -0.05) is 19.4 Å². The van der Waals surface area contributed by atoms with Gasteiger partial charge in [0, 0.05) is 17.4 Å². The van der Waals surface area contributed by atoms with Crippen LogP contribution in [-0.2, 0) is 15.1 Å². The van der Waals surface area contributed by atoms with Gasteiger partial charge in [-0.3, -0.25) is 0 Å². The summed E-state index contributed by atoms with van der Waals surface area (Å²) in [5, 5.41) is 0. The molecule has 2 atom stereocenters. The average Bonchev–Trinajstić information content (AvgIpc) is 3.18. The van der Waals surface area contributed by atoms with Gasteiger partial charge >= 0.3 is 5.97 Å². The Morgan fingerprint density at radius 3 is 2.52 bits per heavy atom. The van der Waals surface area contributed by atoms with Crippen molar-refractivity contribution in [3.05, 3.63) is 36.3 Å². The summed E-state index contributed by atoms with van der Waals surface area (Å²) in [5.41, 5.74) is 0.337. The van der Waals surface area contributed by atoms with Gasteiger partial charge in [-0.05, 0) is 50.2 Å². The molecule has 21 heavy (non-hydrogen) atoms. The Labute approximate surface area is 125 Å². The topological polar surface area (TPSA) is 39.4 Å². The SMILES string of the molecule is C=C(C)C(=O)OC1(c2ccco2)C2CCCC23CCCC31. The van der Waals surface area contributed by atoms with E-state index in [1.54, 1.807) is 13.2 Å². The first-order valence-electron chi connectivity index (χ1n) is 8.04. The molecule has 3 heteroatoms. The summed E-state index contributed by atoms with van der Waals surface area (Å²) in [7, 11) is 0. The third-order valence-electron chi connectivity index (χ3n) is 6.21. The van der Waals surface area contributed by atoms with Crippen LogP contribution in [-0.4, -0.2) is 5.97 Å². The van der Waals surface area contributed by atoms with Crippen LogP contribution in [0.15, 0.2) is 35.0 Å². The van der Waals surface area contributed by atoms with Crippen molar-refractivity contribution in [3.8, 4) is 0 Å². The van der Waals surface area contributed by atoms with E-state index in [1.807, 2.05) is 12.1 Å². The van der Waals surface area contributed by atoms with E-state index < -0.39 is 5.60 Å². The zero-order valence-corrected chi connectivity index (χ0v) is 12.6. The molecule has 3 fully saturated rings. The second-order valence-corrected chi connectivity index (χ2v) is 7.06. The van der Waals surface area contributed by atoms with Crippen LogP contribution in [0.4, 0.5) is 0 Å². The largest absolute Gasteiger partial charge is 0.465 e. The maximum absolute atomic E-state index is 12.3. The predicted octanol–water partition coefficient (Wildman–Crippen LogP) is 4.19. The fraction of sp³-hybridized carbons (Fsp3) is 0.611. The van der Waals surface area contributed by atoms with E-state index in [2.05, 4.69) is 6.58 Å². The van der Waals surface area contributed by atoms with Crippen molar-refractivity contribution in [1.82, 2.24) is 0 Å². The molecule has 112 valence electrons. The standard InChI is InChI=1S/C18H22O3/c1-12(2)16(19)21-18(15-8-5-11-20-15)13-6-3-9-17(13)10-4-7-14(17)18/h5,8,11,13-14H,1,3-4,6-7,9-10H2,2H3. The van der Waals surface area contributed by atoms with Gasteiger partial charge in [0.05, 0.1) is 6.26 Å². The zero-order valence-electron chi connectivity index (χ0n) is 12.6. The summed E-state index contributed by atoms with van der Waals surface area (Å²) in [6, 6.07) is 3.88. The number of ether oxygens (including phenoxy) is 1. The molecule has 0 amide bonds. The maximum Gasteiger partial charge on any atom is 0.334 e. The summed E-state index contributed by atoms with van der Waals surface area (Å²) < 4.78 is 11.8. The molecular formula is C18H22O3. The highest BCUT2D eigenvalue weighted by atomic mass is 16.6. The van der Waals surface area contributed by atoms with Crippen LogP contribution in [0.5, 0.6) is 0 Å². The van der Waals surface area contributed by atoms with Crippen LogP contribution in [0.3, 0.4) is 0 Å². The van der Waals surface area contributed by atoms with Crippen molar-refractivity contribution < 1.29 is 13.9 Å². The lowest BCUT2D eigenvalue weighted by Crippen LogP contribution is -2.64. The molecule has 0 radical (unpaired) electrons. The Hall–Kier alpha value is -1.51. The molecule has 3 nitrogen and oxygen atoms in total. The lowest BCUT2D eigenvalue weighted by Gasteiger charge is -2.62. The van der Waals surface area contributed by atoms with E-state index in [0.717, 1.165) is 18.6 Å². The van der Waals surface area contributed by atoms with Crippen LogP contribution in [0.2, 0.25) is 0 Å². The number of hydrogen-bond acceptors (Lipinski definition) is 3. The van der Waals surface area contributed by atoms with Gasteiger partial charge in [-0.15, -0.1) is 0 Å². The van der Waals surface area contributed by atoms with Crippen LogP contribution < -0.4 is 0 Å². The number of hydrogen-bond donors (Lipinski definition) is 0. The Balaban J connectivity index is 1.79. The number of rotatable bonds is 3. The van der Waals surface area contributed by atoms with Crippen LogP contribution in [0, 0.1) is 17.3 Å². The zero-order chi connectivity index (χ0) is 14.7. The van der Waals surface area contributed by atoms with Gasteiger partial charge < -0.3 is 9.15 Å². The second kappa shape index (κ2) is 4.25. The fourth-order valence-electron chi connectivity index (χ4n) is 5.62. The minimum Gasteiger partial charge on any atom is -0.465 e. The van der Waals surface area contributed by atoms with Gasteiger partial charge in [0.25, 0.3) is 0 Å². The molecule has 0 aromatic carbocycles. The summed E-state index contributed by atoms with van der Waals surface area (Å²) >= 11 is 0. The monoisotopic (exact) mass is 286 g/mol. The third-order valence-corrected chi connectivity index (χ3v) is 6.21. The molecule has 4 rings (SSSR count). The lowest BCUT2D eigenvalue weighted by atomic mass is 9.46. The van der Waals surface area contributed by atoms with Crippen molar-refractivity contribution in [3.63, 3.8) is 0 Å². The third kappa shape index (κ3) is 1.47. The van der Waals surface area contributed by atoms with Crippen LogP contribution in [0.25, 0.3) is 0 Å². The summed E-state index contributed by atoms with van der Waals surface area (Å²) in [5.74, 6) is 1.41. The Morgan fingerprint density at radius 1 is 1.33 bits per heavy atom. The highest BCUT2D eigenvalue weighted by molar-refractivity contribution is 5.87. The first-order chi connectivity index (χ1) is 10.1. The molecule has 1 spiro atoms. The molecule has 3 aliphatic carbocycles. The molecule has 3 saturated carbocycles. The quantitative estimate of drug-likeness (QED) is 0.617. The minimum absolute atomic E-state index is 0.279. The fourth-order valence-corrected chi connectivity index (χ4v) is 5.62. The number of esters is 1. The second-order valence-electron chi connectivity index (χ2n) is 7.06. The van der Waals surface area contributed by atoms with E-state index in [4.69, 9.17) is 9.15 Å². The Kier molecular flexibility index (Phi) is 2.66.